The van der Waals surface area contributed by atoms with Gasteiger partial charge >= 0.3 is 0 Å². The zero-order chi connectivity index (χ0) is 13.3. The largest absolute Gasteiger partial charge is 0.337 e. The minimum Gasteiger partial charge on any atom is -0.337 e. The van der Waals surface area contributed by atoms with Crippen molar-refractivity contribution in [3.8, 4) is 0 Å². The fraction of sp³-hybridized carbons (Fsp3) is 0.929. The number of hydrogen-bond acceptors (Lipinski definition) is 3. The van der Waals surface area contributed by atoms with Crippen molar-refractivity contribution >= 4 is 5.91 Å². The minimum atomic E-state index is -0.336. The van der Waals surface area contributed by atoms with Gasteiger partial charge in [-0.05, 0) is 38.6 Å². The van der Waals surface area contributed by atoms with Gasteiger partial charge in [0.2, 0.25) is 5.91 Å². The molecule has 2 atom stereocenters. The number of likely N-dealkylation sites (tertiary alicyclic amines) is 1. The van der Waals surface area contributed by atoms with Crippen LogP contribution in [0.1, 0.15) is 39.5 Å². The van der Waals surface area contributed by atoms with Crippen LogP contribution in [0.4, 0.5) is 0 Å². The molecule has 4 heteroatoms. The summed E-state index contributed by atoms with van der Waals surface area (Å²) in [6.45, 7) is 5.94. The standard InChI is InChI=1S/C14H27N3O/c1-10(2)13(15)14(18)17-8-4-5-12(17)9-16(3)11-6-7-11/h10-13H,4-9,15H2,1-3H3. The average Bonchev–Trinajstić information content (AvgIpc) is 3.09. The van der Waals surface area contributed by atoms with Crippen molar-refractivity contribution in [3.63, 3.8) is 0 Å². The highest BCUT2D eigenvalue weighted by atomic mass is 16.2. The lowest BCUT2D eigenvalue weighted by atomic mass is 10.0. The van der Waals surface area contributed by atoms with Gasteiger partial charge in [-0.2, -0.15) is 0 Å². The second-order valence-corrected chi connectivity index (χ2v) is 6.27. The van der Waals surface area contributed by atoms with E-state index in [-0.39, 0.29) is 17.9 Å². The maximum absolute atomic E-state index is 12.3. The summed E-state index contributed by atoms with van der Waals surface area (Å²) in [6.07, 6.45) is 4.90. The lowest BCUT2D eigenvalue weighted by molar-refractivity contribution is -0.134. The number of hydrogen-bond donors (Lipinski definition) is 1. The second-order valence-electron chi connectivity index (χ2n) is 6.27. The number of carbonyl (C=O) groups is 1. The quantitative estimate of drug-likeness (QED) is 0.797. The first-order valence-corrected chi connectivity index (χ1v) is 7.27. The van der Waals surface area contributed by atoms with Crippen LogP contribution >= 0.6 is 0 Å². The summed E-state index contributed by atoms with van der Waals surface area (Å²) in [6, 6.07) is 0.811. The van der Waals surface area contributed by atoms with Gasteiger partial charge in [0, 0.05) is 25.2 Å². The van der Waals surface area contributed by atoms with Crippen LogP contribution in [0.5, 0.6) is 0 Å². The Morgan fingerprint density at radius 1 is 1.39 bits per heavy atom. The summed E-state index contributed by atoms with van der Waals surface area (Å²) in [5.74, 6) is 0.372. The molecule has 0 aromatic carbocycles. The van der Waals surface area contributed by atoms with Crippen LogP contribution in [0.3, 0.4) is 0 Å². The molecule has 1 heterocycles. The Balaban J connectivity index is 1.91. The molecular formula is C14H27N3O. The van der Waals surface area contributed by atoms with Gasteiger partial charge in [0.1, 0.15) is 0 Å². The number of amides is 1. The van der Waals surface area contributed by atoms with Crippen molar-refractivity contribution in [1.82, 2.24) is 9.80 Å². The third-order valence-corrected chi connectivity index (χ3v) is 4.33. The molecule has 2 aliphatic rings. The van der Waals surface area contributed by atoms with E-state index in [0.717, 1.165) is 32.0 Å². The molecule has 2 unspecified atom stereocenters. The maximum Gasteiger partial charge on any atom is 0.240 e. The topological polar surface area (TPSA) is 49.6 Å². The lowest BCUT2D eigenvalue weighted by Crippen LogP contribution is -2.50. The Hall–Kier alpha value is -0.610. The number of carbonyl (C=O) groups excluding carboxylic acids is 1. The SMILES string of the molecule is CC(C)C(N)C(=O)N1CCCC1CN(C)C1CC1. The molecule has 18 heavy (non-hydrogen) atoms. The van der Waals surface area contributed by atoms with E-state index in [4.69, 9.17) is 5.73 Å². The molecule has 0 bridgehead atoms. The Morgan fingerprint density at radius 2 is 2.06 bits per heavy atom. The highest BCUT2D eigenvalue weighted by molar-refractivity contribution is 5.82. The predicted molar refractivity (Wildman–Crippen MR) is 73.2 cm³/mol. The monoisotopic (exact) mass is 253 g/mol. The average molecular weight is 253 g/mol. The summed E-state index contributed by atoms with van der Waals surface area (Å²) in [5.41, 5.74) is 6.00. The van der Waals surface area contributed by atoms with E-state index in [1.54, 1.807) is 0 Å². The van der Waals surface area contributed by atoms with Gasteiger partial charge < -0.3 is 15.5 Å². The molecule has 2 rings (SSSR count). The Bertz CT molecular complexity index is 301. The molecular weight excluding hydrogens is 226 g/mol. The number of nitrogens with zero attached hydrogens (tertiary/aromatic N) is 2. The predicted octanol–water partition coefficient (Wildman–Crippen LogP) is 1.05. The van der Waals surface area contributed by atoms with Gasteiger partial charge in [-0.25, -0.2) is 0 Å². The molecule has 0 aromatic heterocycles. The molecule has 1 aliphatic carbocycles. The van der Waals surface area contributed by atoms with Crippen LogP contribution in [0.2, 0.25) is 0 Å². The minimum absolute atomic E-state index is 0.150. The van der Waals surface area contributed by atoms with Crippen LogP contribution in [-0.4, -0.2) is 54.0 Å². The van der Waals surface area contributed by atoms with E-state index in [1.165, 1.54) is 12.8 Å². The van der Waals surface area contributed by atoms with Gasteiger partial charge in [0.15, 0.2) is 0 Å². The van der Waals surface area contributed by atoms with E-state index in [9.17, 15) is 4.79 Å². The van der Waals surface area contributed by atoms with Gasteiger partial charge in [0.05, 0.1) is 6.04 Å². The van der Waals surface area contributed by atoms with Gasteiger partial charge in [-0.1, -0.05) is 13.8 Å². The zero-order valence-electron chi connectivity index (χ0n) is 11.9. The van der Waals surface area contributed by atoms with Crippen LogP contribution in [0.15, 0.2) is 0 Å². The third-order valence-electron chi connectivity index (χ3n) is 4.33. The number of nitrogens with two attached hydrogens (primary N) is 1. The molecule has 0 aromatic rings. The molecule has 0 spiro atoms. The molecule has 4 nitrogen and oxygen atoms in total. The molecule has 1 amide bonds. The van der Waals surface area contributed by atoms with E-state index < -0.39 is 0 Å². The normalized spacial score (nSPS) is 26.1. The summed E-state index contributed by atoms with van der Waals surface area (Å²) in [4.78, 5) is 16.8. The first-order valence-electron chi connectivity index (χ1n) is 7.27. The molecule has 104 valence electrons. The van der Waals surface area contributed by atoms with E-state index in [1.807, 2.05) is 18.7 Å². The highest BCUT2D eigenvalue weighted by Gasteiger charge is 2.35. The Labute approximate surface area is 110 Å². The Morgan fingerprint density at radius 3 is 2.61 bits per heavy atom. The first kappa shape index (κ1) is 13.8. The smallest absolute Gasteiger partial charge is 0.240 e. The molecule has 1 saturated heterocycles. The highest BCUT2D eigenvalue weighted by Crippen LogP contribution is 2.28. The summed E-state index contributed by atoms with van der Waals surface area (Å²) >= 11 is 0. The van der Waals surface area contributed by atoms with Crippen molar-refractivity contribution in [3.05, 3.63) is 0 Å². The molecule has 1 saturated carbocycles. The van der Waals surface area contributed by atoms with Crippen molar-refractivity contribution < 1.29 is 4.79 Å². The molecule has 2 fully saturated rings. The van der Waals surface area contributed by atoms with Crippen LogP contribution in [0.25, 0.3) is 0 Å². The zero-order valence-corrected chi connectivity index (χ0v) is 11.9. The summed E-state index contributed by atoms with van der Waals surface area (Å²) in [7, 11) is 2.18. The number of likely N-dealkylation sites (N-methyl/N-ethyl adjacent to an activating group) is 1. The second kappa shape index (κ2) is 5.57. The maximum atomic E-state index is 12.3. The fourth-order valence-corrected chi connectivity index (χ4v) is 2.79. The summed E-state index contributed by atoms with van der Waals surface area (Å²) < 4.78 is 0. The van der Waals surface area contributed by atoms with Gasteiger partial charge in [-0.15, -0.1) is 0 Å². The third kappa shape index (κ3) is 3.04. The fourth-order valence-electron chi connectivity index (χ4n) is 2.79. The van der Waals surface area contributed by atoms with E-state index in [2.05, 4.69) is 11.9 Å². The molecule has 0 radical (unpaired) electrons. The molecule has 2 N–H and O–H groups in total. The summed E-state index contributed by atoms with van der Waals surface area (Å²) in [5, 5.41) is 0. The van der Waals surface area contributed by atoms with Crippen molar-refractivity contribution in [2.45, 2.75) is 57.7 Å². The van der Waals surface area contributed by atoms with Crippen molar-refractivity contribution in [2.75, 3.05) is 20.1 Å². The van der Waals surface area contributed by atoms with E-state index in [0.29, 0.717) is 6.04 Å². The van der Waals surface area contributed by atoms with E-state index >= 15 is 0 Å². The Kier molecular flexibility index (Phi) is 4.28. The first-order chi connectivity index (χ1) is 8.50. The number of rotatable bonds is 5. The molecule has 1 aliphatic heterocycles. The van der Waals surface area contributed by atoms with Crippen molar-refractivity contribution in [1.29, 1.82) is 0 Å². The van der Waals surface area contributed by atoms with Crippen LogP contribution in [-0.2, 0) is 4.79 Å². The van der Waals surface area contributed by atoms with Gasteiger partial charge in [-0.3, -0.25) is 4.79 Å². The van der Waals surface area contributed by atoms with Crippen molar-refractivity contribution in [2.24, 2.45) is 11.7 Å². The van der Waals surface area contributed by atoms with Gasteiger partial charge in [0.25, 0.3) is 0 Å². The lowest BCUT2D eigenvalue weighted by Gasteiger charge is -2.31. The van der Waals surface area contributed by atoms with Crippen LogP contribution in [0, 0.1) is 5.92 Å². The van der Waals surface area contributed by atoms with Crippen LogP contribution < -0.4 is 5.73 Å².